The SMILES string of the molecule is CCCNC(c1ccccc1Br)C1CCCC(C)C1. The third-order valence-electron chi connectivity index (χ3n) is 4.30. The molecule has 2 rings (SSSR count). The third kappa shape index (κ3) is 4.06. The van der Waals surface area contributed by atoms with Gasteiger partial charge in [0.05, 0.1) is 0 Å². The van der Waals surface area contributed by atoms with E-state index in [0.29, 0.717) is 6.04 Å². The average molecular weight is 324 g/mol. The topological polar surface area (TPSA) is 12.0 Å². The Labute approximate surface area is 126 Å². The third-order valence-corrected chi connectivity index (χ3v) is 5.03. The van der Waals surface area contributed by atoms with E-state index in [-0.39, 0.29) is 0 Å². The maximum absolute atomic E-state index is 3.79. The number of rotatable bonds is 5. The van der Waals surface area contributed by atoms with Gasteiger partial charge in [-0.3, -0.25) is 0 Å². The van der Waals surface area contributed by atoms with Crippen molar-refractivity contribution in [3.05, 3.63) is 34.3 Å². The number of benzene rings is 1. The Morgan fingerprint density at radius 1 is 1.32 bits per heavy atom. The van der Waals surface area contributed by atoms with E-state index in [0.717, 1.165) is 18.4 Å². The number of nitrogens with one attached hydrogen (secondary N) is 1. The fourth-order valence-electron chi connectivity index (χ4n) is 3.34. The highest BCUT2D eigenvalue weighted by Crippen LogP contribution is 2.39. The first kappa shape index (κ1) is 15.1. The Kier molecular flexibility index (Phi) is 5.90. The summed E-state index contributed by atoms with van der Waals surface area (Å²) in [5, 5.41) is 3.79. The van der Waals surface area contributed by atoms with Gasteiger partial charge in [-0.25, -0.2) is 0 Å². The Balaban J connectivity index is 2.17. The van der Waals surface area contributed by atoms with Crippen molar-refractivity contribution in [3.63, 3.8) is 0 Å². The van der Waals surface area contributed by atoms with Crippen molar-refractivity contribution >= 4 is 15.9 Å². The van der Waals surface area contributed by atoms with E-state index in [9.17, 15) is 0 Å². The molecule has 1 nitrogen and oxygen atoms in total. The van der Waals surface area contributed by atoms with Crippen LogP contribution >= 0.6 is 15.9 Å². The minimum Gasteiger partial charge on any atom is -0.310 e. The van der Waals surface area contributed by atoms with E-state index in [2.05, 4.69) is 59.4 Å². The largest absolute Gasteiger partial charge is 0.310 e. The maximum Gasteiger partial charge on any atom is 0.0359 e. The van der Waals surface area contributed by atoms with Gasteiger partial charge in [-0.2, -0.15) is 0 Å². The van der Waals surface area contributed by atoms with Crippen LogP contribution in [0.1, 0.15) is 57.6 Å². The van der Waals surface area contributed by atoms with Gasteiger partial charge in [0, 0.05) is 10.5 Å². The molecule has 106 valence electrons. The highest BCUT2D eigenvalue weighted by Gasteiger charge is 2.28. The standard InChI is InChI=1S/C17H26BrN/c1-3-11-19-17(14-8-6-7-13(2)12-14)15-9-4-5-10-16(15)18/h4-5,9-10,13-14,17,19H,3,6-8,11-12H2,1-2H3. The van der Waals surface area contributed by atoms with E-state index in [1.165, 1.54) is 42.1 Å². The lowest BCUT2D eigenvalue weighted by molar-refractivity contribution is 0.223. The zero-order valence-corrected chi connectivity index (χ0v) is 13.7. The van der Waals surface area contributed by atoms with Crippen molar-refractivity contribution in [2.45, 2.75) is 52.0 Å². The molecule has 0 heterocycles. The zero-order chi connectivity index (χ0) is 13.7. The Hall–Kier alpha value is -0.340. The lowest BCUT2D eigenvalue weighted by Gasteiger charge is -2.34. The number of hydrogen-bond donors (Lipinski definition) is 1. The first-order valence-corrected chi connectivity index (χ1v) is 8.49. The van der Waals surface area contributed by atoms with Gasteiger partial charge in [-0.15, -0.1) is 0 Å². The lowest BCUT2D eigenvalue weighted by Crippen LogP contribution is -2.32. The van der Waals surface area contributed by atoms with Crippen molar-refractivity contribution < 1.29 is 0 Å². The molecule has 1 saturated carbocycles. The second-order valence-corrected chi connectivity index (χ2v) is 6.84. The van der Waals surface area contributed by atoms with E-state index >= 15 is 0 Å². The summed E-state index contributed by atoms with van der Waals surface area (Å²) >= 11 is 3.73. The van der Waals surface area contributed by atoms with Crippen LogP contribution in [0.4, 0.5) is 0 Å². The van der Waals surface area contributed by atoms with Gasteiger partial charge >= 0.3 is 0 Å². The minimum absolute atomic E-state index is 0.512. The molecule has 1 aromatic carbocycles. The second-order valence-electron chi connectivity index (χ2n) is 5.99. The summed E-state index contributed by atoms with van der Waals surface area (Å²) in [6.45, 7) is 5.76. The molecule has 1 N–H and O–H groups in total. The Bertz CT molecular complexity index is 391. The molecule has 0 bridgehead atoms. The minimum atomic E-state index is 0.512. The highest BCUT2D eigenvalue weighted by atomic mass is 79.9. The summed E-state index contributed by atoms with van der Waals surface area (Å²) in [6.07, 6.45) is 6.73. The average Bonchev–Trinajstić information content (AvgIpc) is 2.41. The molecule has 2 heteroatoms. The van der Waals surface area contributed by atoms with Gasteiger partial charge < -0.3 is 5.32 Å². The van der Waals surface area contributed by atoms with Gasteiger partial charge in [-0.05, 0) is 49.3 Å². The molecular weight excluding hydrogens is 298 g/mol. The fraction of sp³-hybridized carbons (Fsp3) is 0.647. The van der Waals surface area contributed by atoms with Crippen molar-refractivity contribution in [2.75, 3.05) is 6.54 Å². The molecule has 0 radical (unpaired) electrons. The van der Waals surface area contributed by atoms with Gasteiger partial charge in [0.2, 0.25) is 0 Å². The molecule has 1 aliphatic rings. The van der Waals surface area contributed by atoms with Crippen LogP contribution in [-0.4, -0.2) is 6.54 Å². The van der Waals surface area contributed by atoms with Crippen molar-refractivity contribution in [1.29, 1.82) is 0 Å². The monoisotopic (exact) mass is 323 g/mol. The molecule has 3 atom stereocenters. The van der Waals surface area contributed by atoms with Gasteiger partial charge in [0.15, 0.2) is 0 Å². The first-order chi connectivity index (χ1) is 9.22. The summed E-state index contributed by atoms with van der Waals surface area (Å²) in [7, 11) is 0. The molecule has 0 saturated heterocycles. The van der Waals surface area contributed by atoms with E-state index in [1.807, 2.05) is 0 Å². The molecule has 1 aliphatic carbocycles. The van der Waals surface area contributed by atoms with Crippen molar-refractivity contribution in [2.24, 2.45) is 11.8 Å². The zero-order valence-electron chi connectivity index (χ0n) is 12.2. The number of hydrogen-bond acceptors (Lipinski definition) is 1. The first-order valence-electron chi connectivity index (χ1n) is 7.70. The van der Waals surface area contributed by atoms with Crippen LogP contribution in [0, 0.1) is 11.8 Å². The Morgan fingerprint density at radius 3 is 2.79 bits per heavy atom. The molecule has 0 aromatic heterocycles. The normalized spacial score (nSPS) is 25.2. The molecule has 0 aliphatic heterocycles. The molecule has 1 aromatic rings. The highest BCUT2D eigenvalue weighted by molar-refractivity contribution is 9.10. The van der Waals surface area contributed by atoms with Crippen LogP contribution in [0.2, 0.25) is 0 Å². The van der Waals surface area contributed by atoms with Crippen molar-refractivity contribution in [1.82, 2.24) is 5.32 Å². The number of halogens is 1. The summed E-state index contributed by atoms with van der Waals surface area (Å²) in [5.74, 6) is 1.67. The van der Waals surface area contributed by atoms with Crippen LogP contribution in [0.25, 0.3) is 0 Å². The summed E-state index contributed by atoms with van der Waals surface area (Å²) in [5.41, 5.74) is 1.44. The Morgan fingerprint density at radius 2 is 2.11 bits per heavy atom. The van der Waals surface area contributed by atoms with Crippen molar-refractivity contribution in [3.8, 4) is 0 Å². The van der Waals surface area contributed by atoms with Gasteiger partial charge in [0.1, 0.15) is 0 Å². The summed E-state index contributed by atoms with van der Waals surface area (Å²) in [6, 6.07) is 9.22. The smallest absolute Gasteiger partial charge is 0.0359 e. The van der Waals surface area contributed by atoms with E-state index in [4.69, 9.17) is 0 Å². The fourth-order valence-corrected chi connectivity index (χ4v) is 3.87. The predicted octanol–water partition coefficient (Wildman–Crippen LogP) is 5.32. The second kappa shape index (κ2) is 7.44. The van der Waals surface area contributed by atoms with E-state index in [1.54, 1.807) is 0 Å². The summed E-state index contributed by atoms with van der Waals surface area (Å²) in [4.78, 5) is 0. The van der Waals surface area contributed by atoms with Crippen LogP contribution in [0.15, 0.2) is 28.7 Å². The van der Waals surface area contributed by atoms with Crippen LogP contribution in [0.5, 0.6) is 0 Å². The molecule has 0 amide bonds. The van der Waals surface area contributed by atoms with Gasteiger partial charge in [0.25, 0.3) is 0 Å². The summed E-state index contributed by atoms with van der Waals surface area (Å²) < 4.78 is 1.25. The quantitative estimate of drug-likeness (QED) is 0.773. The lowest BCUT2D eigenvalue weighted by atomic mass is 9.76. The van der Waals surface area contributed by atoms with E-state index < -0.39 is 0 Å². The maximum atomic E-state index is 3.79. The molecule has 19 heavy (non-hydrogen) atoms. The molecule has 3 unspecified atom stereocenters. The van der Waals surface area contributed by atoms with Crippen LogP contribution < -0.4 is 5.32 Å². The van der Waals surface area contributed by atoms with Crippen LogP contribution in [0.3, 0.4) is 0 Å². The molecule has 1 fully saturated rings. The molecular formula is C17H26BrN. The van der Waals surface area contributed by atoms with Gasteiger partial charge in [-0.1, -0.05) is 60.8 Å². The predicted molar refractivity (Wildman–Crippen MR) is 86.3 cm³/mol. The molecule has 0 spiro atoms. The van der Waals surface area contributed by atoms with Crippen LogP contribution in [-0.2, 0) is 0 Å².